The molecule has 0 amide bonds. The Bertz CT molecular complexity index is 390. The van der Waals surface area contributed by atoms with Crippen molar-refractivity contribution in [3.63, 3.8) is 0 Å². The van der Waals surface area contributed by atoms with E-state index < -0.39 is 5.82 Å². The van der Waals surface area contributed by atoms with E-state index in [9.17, 15) is 9.18 Å². The summed E-state index contributed by atoms with van der Waals surface area (Å²) in [5, 5.41) is 8.51. The SMILES string of the molecule is N#Cc1ccc(F)c(C=CC=O)c1. The number of aldehydes is 1. The molecule has 0 aromatic heterocycles. The number of hydrogen-bond acceptors (Lipinski definition) is 2. The molecular weight excluding hydrogens is 169 g/mol. The van der Waals surface area contributed by atoms with Gasteiger partial charge >= 0.3 is 0 Å². The fourth-order valence-electron chi connectivity index (χ4n) is 0.884. The molecule has 0 aliphatic rings. The monoisotopic (exact) mass is 175 g/mol. The zero-order chi connectivity index (χ0) is 9.68. The van der Waals surface area contributed by atoms with Gasteiger partial charge in [-0.15, -0.1) is 0 Å². The molecule has 3 heteroatoms. The number of carbonyl (C=O) groups is 1. The number of benzene rings is 1. The van der Waals surface area contributed by atoms with Crippen LogP contribution in [0.25, 0.3) is 6.08 Å². The fourth-order valence-corrected chi connectivity index (χ4v) is 0.884. The normalized spacial score (nSPS) is 9.85. The number of carbonyl (C=O) groups excluding carboxylic acids is 1. The molecule has 0 fully saturated rings. The standard InChI is InChI=1S/C10H6FNO/c11-10-4-3-8(7-12)6-9(10)2-1-5-13/h1-6H. The lowest BCUT2D eigenvalue weighted by Crippen LogP contribution is -1.83. The molecule has 0 saturated heterocycles. The minimum absolute atomic E-state index is 0.242. The van der Waals surface area contributed by atoms with Crippen LogP contribution in [0.3, 0.4) is 0 Å². The van der Waals surface area contributed by atoms with Crippen LogP contribution >= 0.6 is 0 Å². The summed E-state index contributed by atoms with van der Waals surface area (Å²) >= 11 is 0. The number of nitriles is 1. The van der Waals surface area contributed by atoms with Gasteiger partial charge in [0.2, 0.25) is 0 Å². The number of allylic oxidation sites excluding steroid dienone is 1. The quantitative estimate of drug-likeness (QED) is 0.508. The molecule has 0 heterocycles. The maximum absolute atomic E-state index is 13.0. The van der Waals surface area contributed by atoms with Crippen LogP contribution in [0.1, 0.15) is 11.1 Å². The molecule has 0 spiro atoms. The first kappa shape index (κ1) is 9.14. The average molecular weight is 175 g/mol. The van der Waals surface area contributed by atoms with Gasteiger partial charge in [0.25, 0.3) is 0 Å². The highest BCUT2D eigenvalue weighted by molar-refractivity contribution is 5.74. The molecule has 0 bridgehead atoms. The van der Waals surface area contributed by atoms with Gasteiger partial charge < -0.3 is 0 Å². The zero-order valence-electron chi connectivity index (χ0n) is 6.70. The summed E-state index contributed by atoms with van der Waals surface area (Å²) in [5.41, 5.74) is 0.609. The zero-order valence-corrected chi connectivity index (χ0v) is 6.70. The summed E-state index contributed by atoms with van der Waals surface area (Å²) in [6.07, 6.45) is 3.06. The molecule has 1 aromatic rings. The lowest BCUT2D eigenvalue weighted by atomic mass is 10.1. The van der Waals surface area contributed by atoms with Crippen molar-refractivity contribution in [3.05, 3.63) is 41.2 Å². The highest BCUT2D eigenvalue weighted by Gasteiger charge is 1.99. The fraction of sp³-hybridized carbons (Fsp3) is 0. The second-order valence-electron chi connectivity index (χ2n) is 2.34. The van der Waals surface area contributed by atoms with Gasteiger partial charge in [0.15, 0.2) is 0 Å². The Morgan fingerprint density at radius 3 is 2.85 bits per heavy atom. The summed E-state index contributed by atoms with van der Waals surface area (Å²) in [7, 11) is 0. The minimum atomic E-state index is -0.447. The summed E-state index contributed by atoms with van der Waals surface area (Å²) in [6, 6.07) is 5.85. The van der Waals surface area contributed by atoms with Crippen LogP contribution in [0.15, 0.2) is 24.3 Å². The van der Waals surface area contributed by atoms with Crippen LogP contribution in [0, 0.1) is 17.1 Å². The predicted molar refractivity (Wildman–Crippen MR) is 46.2 cm³/mol. The molecule has 13 heavy (non-hydrogen) atoms. The number of nitrogens with zero attached hydrogens (tertiary/aromatic N) is 1. The van der Waals surface area contributed by atoms with Gasteiger partial charge in [-0.1, -0.05) is 0 Å². The van der Waals surface area contributed by atoms with Crippen LogP contribution in [-0.4, -0.2) is 6.29 Å². The van der Waals surface area contributed by atoms with Gasteiger partial charge in [0.05, 0.1) is 11.6 Å². The molecule has 0 aliphatic carbocycles. The smallest absolute Gasteiger partial charge is 0.142 e. The van der Waals surface area contributed by atoms with E-state index >= 15 is 0 Å². The first-order chi connectivity index (χ1) is 6.27. The second-order valence-corrected chi connectivity index (χ2v) is 2.34. The van der Waals surface area contributed by atoms with Gasteiger partial charge in [0.1, 0.15) is 12.1 Å². The van der Waals surface area contributed by atoms with Gasteiger partial charge in [-0.05, 0) is 30.4 Å². The number of hydrogen-bond donors (Lipinski definition) is 0. The topological polar surface area (TPSA) is 40.9 Å². The van der Waals surface area contributed by atoms with E-state index in [1.807, 2.05) is 6.07 Å². The van der Waals surface area contributed by atoms with Crippen LogP contribution in [0.4, 0.5) is 4.39 Å². The van der Waals surface area contributed by atoms with Crippen molar-refractivity contribution in [1.29, 1.82) is 5.26 Å². The number of halogens is 1. The van der Waals surface area contributed by atoms with Crippen LogP contribution in [-0.2, 0) is 4.79 Å². The van der Waals surface area contributed by atoms with Crippen LogP contribution in [0.5, 0.6) is 0 Å². The van der Waals surface area contributed by atoms with E-state index in [-0.39, 0.29) is 5.56 Å². The third-order valence-corrected chi connectivity index (χ3v) is 1.48. The average Bonchev–Trinajstić information content (AvgIpc) is 2.17. The van der Waals surface area contributed by atoms with E-state index in [0.717, 1.165) is 0 Å². The molecule has 1 aromatic carbocycles. The molecule has 1 rings (SSSR count). The third kappa shape index (κ3) is 2.24. The van der Waals surface area contributed by atoms with Crippen molar-refractivity contribution in [2.24, 2.45) is 0 Å². The van der Waals surface area contributed by atoms with Gasteiger partial charge in [-0.25, -0.2) is 4.39 Å². The Morgan fingerprint density at radius 2 is 2.23 bits per heavy atom. The van der Waals surface area contributed by atoms with Crippen molar-refractivity contribution in [2.45, 2.75) is 0 Å². The van der Waals surface area contributed by atoms with E-state index in [1.165, 1.54) is 30.4 Å². The van der Waals surface area contributed by atoms with Crippen LogP contribution in [0.2, 0.25) is 0 Å². The second kappa shape index (κ2) is 4.17. The maximum atomic E-state index is 13.0. The first-order valence-electron chi connectivity index (χ1n) is 3.59. The Morgan fingerprint density at radius 1 is 1.46 bits per heavy atom. The molecule has 0 saturated carbocycles. The molecule has 0 radical (unpaired) electrons. The first-order valence-corrected chi connectivity index (χ1v) is 3.59. The maximum Gasteiger partial charge on any atom is 0.142 e. The molecule has 64 valence electrons. The minimum Gasteiger partial charge on any atom is -0.299 e. The summed E-state index contributed by atoms with van der Waals surface area (Å²) in [5.74, 6) is -0.447. The number of rotatable bonds is 2. The van der Waals surface area contributed by atoms with Gasteiger partial charge in [-0.2, -0.15) is 5.26 Å². The van der Waals surface area contributed by atoms with Crippen molar-refractivity contribution in [1.82, 2.24) is 0 Å². The summed E-state index contributed by atoms with van der Waals surface area (Å²) < 4.78 is 13.0. The Labute approximate surface area is 74.9 Å². The highest BCUT2D eigenvalue weighted by atomic mass is 19.1. The highest BCUT2D eigenvalue weighted by Crippen LogP contribution is 2.11. The summed E-state index contributed by atoms with van der Waals surface area (Å²) in [4.78, 5) is 9.97. The Hall–Kier alpha value is -1.95. The predicted octanol–water partition coefficient (Wildman–Crippen LogP) is 1.91. The van der Waals surface area contributed by atoms with Crippen LogP contribution < -0.4 is 0 Å². The van der Waals surface area contributed by atoms with Crippen molar-refractivity contribution in [3.8, 4) is 6.07 Å². The molecular formula is C10H6FNO. The molecule has 2 nitrogen and oxygen atoms in total. The van der Waals surface area contributed by atoms with Crippen molar-refractivity contribution < 1.29 is 9.18 Å². The largest absolute Gasteiger partial charge is 0.299 e. The lowest BCUT2D eigenvalue weighted by molar-refractivity contribution is -0.104. The van der Waals surface area contributed by atoms with Crippen molar-refractivity contribution in [2.75, 3.05) is 0 Å². The molecule has 0 unspecified atom stereocenters. The molecule has 0 N–H and O–H groups in total. The van der Waals surface area contributed by atoms with E-state index in [1.54, 1.807) is 0 Å². The van der Waals surface area contributed by atoms with Gasteiger partial charge in [0, 0.05) is 5.56 Å². The molecule has 0 atom stereocenters. The third-order valence-electron chi connectivity index (χ3n) is 1.48. The van der Waals surface area contributed by atoms with Crippen molar-refractivity contribution >= 4 is 12.4 Å². The van der Waals surface area contributed by atoms with E-state index in [4.69, 9.17) is 5.26 Å². The van der Waals surface area contributed by atoms with E-state index in [2.05, 4.69) is 0 Å². The Balaban J connectivity index is 3.12. The van der Waals surface area contributed by atoms with Gasteiger partial charge in [-0.3, -0.25) is 4.79 Å². The Kier molecular flexibility index (Phi) is 2.93. The lowest BCUT2D eigenvalue weighted by Gasteiger charge is -1.95. The molecule has 0 aliphatic heterocycles. The summed E-state index contributed by atoms with van der Waals surface area (Å²) in [6.45, 7) is 0. The van der Waals surface area contributed by atoms with E-state index in [0.29, 0.717) is 11.8 Å².